The van der Waals surface area contributed by atoms with E-state index in [0.717, 1.165) is 0 Å². The molecule has 1 N–H and O–H groups in total. The summed E-state index contributed by atoms with van der Waals surface area (Å²) in [5.74, 6) is -0.674. The Labute approximate surface area is 107 Å². The van der Waals surface area contributed by atoms with Crippen LogP contribution in [-0.2, 0) is 4.79 Å². The smallest absolute Gasteiger partial charge is 0.229 e. The lowest BCUT2D eigenvalue weighted by atomic mass is 9.95. The molecular formula is C11H12BrClFNO. The number of nitrogens with one attached hydrogen (secondary N) is 1. The minimum absolute atomic E-state index is 0.216. The van der Waals surface area contributed by atoms with Gasteiger partial charge in [-0.15, -0.1) is 0 Å². The zero-order chi connectivity index (χ0) is 12.5. The van der Waals surface area contributed by atoms with Crippen LogP contribution in [0.25, 0.3) is 0 Å². The van der Waals surface area contributed by atoms with E-state index in [1.165, 1.54) is 12.1 Å². The fraction of sp³-hybridized carbons (Fsp3) is 0.364. The van der Waals surface area contributed by atoms with Crippen LogP contribution in [0.2, 0.25) is 5.02 Å². The van der Waals surface area contributed by atoms with Crippen LogP contribution in [0.1, 0.15) is 20.8 Å². The van der Waals surface area contributed by atoms with Gasteiger partial charge in [0.25, 0.3) is 0 Å². The van der Waals surface area contributed by atoms with Gasteiger partial charge in [-0.3, -0.25) is 4.79 Å². The molecule has 0 fully saturated rings. The number of halogens is 3. The maximum absolute atomic E-state index is 13.1. The van der Waals surface area contributed by atoms with Gasteiger partial charge in [-0.25, -0.2) is 4.39 Å². The SMILES string of the molecule is CC(C)(C)C(=O)Nc1cc(F)cc(Br)c1Cl. The zero-order valence-electron chi connectivity index (χ0n) is 9.20. The van der Waals surface area contributed by atoms with E-state index in [0.29, 0.717) is 9.50 Å². The molecule has 0 atom stereocenters. The van der Waals surface area contributed by atoms with Gasteiger partial charge < -0.3 is 5.32 Å². The van der Waals surface area contributed by atoms with Crippen LogP contribution in [0.4, 0.5) is 10.1 Å². The average Bonchev–Trinajstić information content (AvgIpc) is 2.11. The molecule has 0 aliphatic carbocycles. The highest BCUT2D eigenvalue weighted by Crippen LogP contribution is 2.32. The Balaban J connectivity index is 3.03. The normalized spacial score (nSPS) is 11.4. The van der Waals surface area contributed by atoms with E-state index in [1.54, 1.807) is 20.8 Å². The van der Waals surface area contributed by atoms with E-state index in [4.69, 9.17) is 11.6 Å². The standard InChI is InChI=1S/C11H12BrClFNO/c1-11(2,3)10(16)15-8-5-6(14)4-7(12)9(8)13/h4-5H,1-3H3,(H,15,16). The largest absolute Gasteiger partial charge is 0.324 e. The third-order valence-corrected chi connectivity index (χ3v) is 3.18. The molecule has 0 saturated heterocycles. The first kappa shape index (κ1) is 13.5. The predicted molar refractivity (Wildman–Crippen MR) is 67.2 cm³/mol. The third kappa shape index (κ3) is 3.19. The Kier molecular flexibility index (Phi) is 3.97. The molecule has 0 spiro atoms. The summed E-state index contributed by atoms with van der Waals surface area (Å²) in [6, 6.07) is 2.44. The molecule has 0 aromatic heterocycles. The van der Waals surface area contributed by atoms with Crippen molar-refractivity contribution in [2.24, 2.45) is 5.41 Å². The number of benzene rings is 1. The number of hydrogen-bond acceptors (Lipinski definition) is 1. The van der Waals surface area contributed by atoms with Crippen molar-refractivity contribution in [3.63, 3.8) is 0 Å². The van der Waals surface area contributed by atoms with Crippen LogP contribution in [0, 0.1) is 11.2 Å². The second-order valence-electron chi connectivity index (χ2n) is 4.45. The van der Waals surface area contributed by atoms with Gasteiger partial charge in [-0.2, -0.15) is 0 Å². The molecule has 0 unspecified atom stereocenters. The Hall–Kier alpha value is -0.610. The van der Waals surface area contributed by atoms with Crippen molar-refractivity contribution in [3.05, 3.63) is 27.4 Å². The van der Waals surface area contributed by atoms with Gasteiger partial charge in [-0.05, 0) is 28.1 Å². The second kappa shape index (κ2) is 4.72. The summed E-state index contributed by atoms with van der Waals surface area (Å²) in [6.07, 6.45) is 0. The Morgan fingerprint density at radius 2 is 2.00 bits per heavy atom. The number of amides is 1. The van der Waals surface area contributed by atoms with Crippen molar-refractivity contribution in [2.75, 3.05) is 5.32 Å². The van der Waals surface area contributed by atoms with Crippen molar-refractivity contribution < 1.29 is 9.18 Å². The molecule has 2 nitrogen and oxygen atoms in total. The van der Waals surface area contributed by atoms with E-state index in [1.807, 2.05) is 0 Å². The topological polar surface area (TPSA) is 29.1 Å². The average molecular weight is 309 g/mol. The summed E-state index contributed by atoms with van der Waals surface area (Å²) in [4.78, 5) is 11.7. The van der Waals surface area contributed by atoms with E-state index in [2.05, 4.69) is 21.2 Å². The minimum Gasteiger partial charge on any atom is -0.324 e. The predicted octanol–water partition coefficient (Wildman–Crippen LogP) is 4.23. The number of carbonyl (C=O) groups is 1. The lowest BCUT2D eigenvalue weighted by Gasteiger charge is -2.18. The second-order valence-corrected chi connectivity index (χ2v) is 5.69. The van der Waals surface area contributed by atoms with Crippen molar-refractivity contribution in [1.29, 1.82) is 0 Å². The van der Waals surface area contributed by atoms with Crippen molar-refractivity contribution >= 4 is 39.1 Å². The first-order valence-corrected chi connectivity index (χ1v) is 5.85. The van der Waals surface area contributed by atoms with Crippen LogP contribution < -0.4 is 5.32 Å². The molecule has 0 aliphatic rings. The molecule has 0 radical (unpaired) electrons. The molecule has 16 heavy (non-hydrogen) atoms. The molecule has 1 aromatic carbocycles. The highest BCUT2D eigenvalue weighted by molar-refractivity contribution is 9.10. The number of rotatable bonds is 1. The minimum atomic E-state index is -0.553. The summed E-state index contributed by atoms with van der Waals surface area (Å²) >= 11 is 9.05. The van der Waals surface area contributed by atoms with Crippen molar-refractivity contribution in [1.82, 2.24) is 0 Å². The summed E-state index contributed by atoms with van der Waals surface area (Å²) in [5, 5.41) is 2.88. The highest BCUT2D eigenvalue weighted by atomic mass is 79.9. The van der Waals surface area contributed by atoms with Crippen LogP contribution in [0.15, 0.2) is 16.6 Å². The zero-order valence-corrected chi connectivity index (χ0v) is 11.5. The Morgan fingerprint density at radius 3 is 2.50 bits per heavy atom. The van der Waals surface area contributed by atoms with Crippen LogP contribution in [0.5, 0.6) is 0 Å². The summed E-state index contributed by atoms with van der Waals surface area (Å²) in [5.41, 5.74) is -0.282. The lowest BCUT2D eigenvalue weighted by Crippen LogP contribution is -2.27. The van der Waals surface area contributed by atoms with Crippen molar-refractivity contribution in [2.45, 2.75) is 20.8 Å². The van der Waals surface area contributed by atoms with Crippen LogP contribution in [-0.4, -0.2) is 5.91 Å². The Bertz CT molecular complexity index is 429. The van der Waals surface area contributed by atoms with Gasteiger partial charge in [0.2, 0.25) is 5.91 Å². The summed E-state index contributed by atoms with van der Waals surface area (Å²) in [7, 11) is 0. The van der Waals surface area contributed by atoms with E-state index >= 15 is 0 Å². The fourth-order valence-corrected chi connectivity index (χ4v) is 1.55. The van der Waals surface area contributed by atoms with E-state index in [-0.39, 0.29) is 11.6 Å². The maximum atomic E-state index is 13.1. The summed E-state index contributed by atoms with van der Waals surface area (Å²) in [6.45, 7) is 5.31. The van der Waals surface area contributed by atoms with Gasteiger partial charge in [0.05, 0.1) is 10.7 Å². The van der Waals surface area contributed by atoms with E-state index in [9.17, 15) is 9.18 Å². The molecule has 0 saturated carbocycles. The summed E-state index contributed by atoms with van der Waals surface area (Å²) < 4.78 is 13.5. The number of anilines is 1. The monoisotopic (exact) mass is 307 g/mol. The van der Waals surface area contributed by atoms with Gasteiger partial charge in [0, 0.05) is 9.89 Å². The molecule has 1 rings (SSSR count). The van der Waals surface area contributed by atoms with Crippen molar-refractivity contribution in [3.8, 4) is 0 Å². The number of hydrogen-bond donors (Lipinski definition) is 1. The quantitative estimate of drug-likeness (QED) is 0.773. The van der Waals surface area contributed by atoms with Crippen LogP contribution in [0.3, 0.4) is 0 Å². The molecule has 0 heterocycles. The van der Waals surface area contributed by atoms with Crippen LogP contribution >= 0.6 is 27.5 Å². The van der Waals surface area contributed by atoms with Gasteiger partial charge in [0.1, 0.15) is 5.82 Å². The Morgan fingerprint density at radius 1 is 1.44 bits per heavy atom. The lowest BCUT2D eigenvalue weighted by molar-refractivity contribution is -0.123. The number of carbonyl (C=O) groups excluding carboxylic acids is 1. The van der Waals surface area contributed by atoms with Gasteiger partial charge >= 0.3 is 0 Å². The molecule has 5 heteroatoms. The first-order valence-electron chi connectivity index (χ1n) is 4.68. The molecule has 0 bridgehead atoms. The molecule has 1 aromatic rings. The van der Waals surface area contributed by atoms with Gasteiger partial charge in [-0.1, -0.05) is 32.4 Å². The first-order chi connectivity index (χ1) is 7.21. The van der Waals surface area contributed by atoms with E-state index < -0.39 is 11.2 Å². The van der Waals surface area contributed by atoms with Gasteiger partial charge in [0.15, 0.2) is 0 Å². The molecule has 88 valence electrons. The maximum Gasteiger partial charge on any atom is 0.229 e. The molecule has 1 amide bonds. The third-order valence-electron chi connectivity index (χ3n) is 1.92. The highest BCUT2D eigenvalue weighted by Gasteiger charge is 2.22. The molecule has 0 aliphatic heterocycles. The fourth-order valence-electron chi connectivity index (χ4n) is 0.957. The molecular weight excluding hydrogens is 296 g/mol.